The normalized spacial score (nSPS) is 13.2. The molecule has 12 heteroatoms. The number of carboxylic acid groups (broad SMARTS) is 2. The molecular formula is C12H12Na2O9S. The van der Waals surface area contributed by atoms with Crippen molar-refractivity contribution in [2.75, 3.05) is 0 Å². The van der Waals surface area contributed by atoms with Gasteiger partial charge in [-0.15, -0.1) is 0 Å². The number of aliphatic hydroxyl groups is 2. The van der Waals surface area contributed by atoms with Crippen LogP contribution in [0.4, 0.5) is 0 Å². The number of aromatic carboxylic acids is 2. The number of carboxylic acids is 2. The predicted octanol–water partition coefficient (Wildman–Crippen LogP) is -8.23. The van der Waals surface area contributed by atoms with Crippen molar-refractivity contribution in [1.82, 2.24) is 0 Å². The van der Waals surface area contributed by atoms with Gasteiger partial charge in [0, 0.05) is 16.7 Å². The van der Waals surface area contributed by atoms with Crippen LogP contribution >= 0.6 is 0 Å². The van der Waals surface area contributed by atoms with Crippen LogP contribution in [0.2, 0.25) is 0 Å². The molecular weight excluding hydrogens is 366 g/mol. The first-order chi connectivity index (χ1) is 9.89. The van der Waals surface area contributed by atoms with Crippen molar-refractivity contribution < 1.29 is 102 Å². The van der Waals surface area contributed by atoms with Crippen LogP contribution in [0.5, 0.6) is 0 Å². The Labute approximate surface area is 182 Å². The van der Waals surface area contributed by atoms with Gasteiger partial charge in [0.25, 0.3) is 10.1 Å². The van der Waals surface area contributed by atoms with Gasteiger partial charge in [0.1, 0.15) is 4.90 Å². The van der Waals surface area contributed by atoms with Gasteiger partial charge in [-0.3, -0.25) is 4.55 Å². The second-order valence-corrected chi connectivity index (χ2v) is 5.92. The third-order valence-corrected chi connectivity index (χ3v) is 3.80. The van der Waals surface area contributed by atoms with Gasteiger partial charge in [0.15, 0.2) is 0 Å². The van der Waals surface area contributed by atoms with Crippen LogP contribution in [0.15, 0.2) is 11.0 Å². The molecule has 0 saturated carbocycles. The Morgan fingerprint density at radius 2 is 1.42 bits per heavy atom. The van der Waals surface area contributed by atoms with Gasteiger partial charge >= 0.3 is 59.1 Å². The Kier molecular flexibility index (Phi) is 10.5. The summed E-state index contributed by atoms with van der Waals surface area (Å²) in [5.74, 6) is -4.00. The molecule has 0 saturated heterocycles. The van der Waals surface area contributed by atoms with Crippen LogP contribution in [-0.4, -0.2) is 35.1 Å². The molecule has 1 aromatic rings. The van der Waals surface area contributed by atoms with E-state index in [1.54, 1.807) is 0 Å². The molecule has 2 unspecified atom stereocenters. The molecule has 2 atom stereocenters. The molecule has 0 aliphatic carbocycles. The zero-order valence-electron chi connectivity index (χ0n) is 13.4. The van der Waals surface area contributed by atoms with Crippen molar-refractivity contribution in [2.24, 2.45) is 0 Å². The Hall–Kier alpha value is -0.01000. The van der Waals surface area contributed by atoms with E-state index in [-0.39, 0.29) is 59.1 Å². The molecule has 1 aromatic carbocycles. The summed E-state index contributed by atoms with van der Waals surface area (Å²) in [6, 6.07) is 0.418. The van der Waals surface area contributed by atoms with Crippen molar-refractivity contribution in [3.63, 3.8) is 0 Å². The maximum atomic E-state index is 11.3. The summed E-state index contributed by atoms with van der Waals surface area (Å²) >= 11 is 0. The van der Waals surface area contributed by atoms with Crippen molar-refractivity contribution in [3.8, 4) is 0 Å². The van der Waals surface area contributed by atoms with Crippen molar-refractivity contribution >= 4 is 22.1 Å². The second kappa shape index (κ2) is 9.62. The minimum absolute atomic E-state index is 0. The van der Waals surface area contributed by atoms with Gasteiger partial charge < -0.3 is 30.0 Å². The monoisotopic (exact) mass is 378 g/mol. The summed E-state index contributed by atoms with van der Waals surface area (Å²) in [6.07, 6.45) is -3.35. The first-order valence-corrected chi connectivity index (χ1v) is 7.30. The average Bonchev–Trinajstić information content (AvgIpc) is 2.34. The van der Waals surface area contributed by atoms with Crippen molar-refractivity contribution in [2.45, 2.75) is 31.0 Å². The van der Waals surface area contributed by atoms with E-state index in [0.29, 0.717) is 6.07 Å². The number of rotatable bonds is 5. The fraction of sp³-hybridized carbons (Fsp3) is 0.333. The number of hydrogen-bond acceptors (Lipinski definition) is 8. The van der Waals surface area contributed by atoms with E-state index in [0.717, 1.165) is 13.8 Å². The van der Waals surface area contributed by atoms with Gasteiger partial charge in [-0.1, -0.05) is 0 Å². The van der Waals surface area contributed by atoms with Crippen LogP contribution in [0.25, 0.3) is 0 Å². The van der Waals surface area contributed by atoms with Crippen LogP contribution in [0.1, 0.15) is 57.9 Å². The Bertz CT molecular complexity index is 741. The first kappa shape index (κ1) is 26.2. The third-order valence-electron chi connectivity index (χ3n) is 2.91. The molecule has 0 spiro atoms. The fourth-order valence-corrected chi connectivity index (χ4v) is 2.96. The predicted molar refractivity (Wildman–Crippen MR) is 66.2 cm³/mol. The summed E-state index contributed by atoms with van der Waals surface area (Å²) in [5, 5.41) is 41.6. The summed E-state index contributed by atoms with van der Waals surface area (Å²) in [7, 11) is -5.06. The van der Waals surface area contributed by atoms with E-state index in [9.17, 15) is 38.4 Å². The zero-order chi connectivity index (χ0) is 17.4. The quantitative estimate of drug-likeness (QED) is 0.332. The zero-order valence-corrected chi connectivity index (χ0v) is 18.2. The fourth-order valence-electron chi connectivity index (χ4n) is 2.14. The molecule has 0 fully saturated rings. The number of aliphatic hydroxyl groups excluding tert-OH is 2. The molecule has 0 heterocycles. The van der Waals surface area contributed by atoms with Gasteiger partial charge in [-0.05, 0) is 25.5 Å². The van der Waals surface area contributed by atoms with Crippen LogP contribution in [0, 0.1) is 0 Å². The van der Waals surface area contributed by atoms with E-state index in [1.807, 2.05) is 0 Å². The molecule has 122 valence electrons. The van der Waals surface area contributed by atoms with Crippen LogP contribution < -0.4 is 69.3 Å². The molecule has 0 bridgehead atoms. The van der Waals surface area contributed by atoms with E-state index >= 15 is 0 Å². The third kappa shape index (κ3) is 5.49. The van der Waals surface area contributed by atoms with Gasteiger partial charge in [0.2, 0.25) is 0 Å². The van der Waals surface area contributed by atoms with E-state index < -0.39 is 61.4 Å². The summed E-state index contributed by atoms with van der Waals surface area (Å²) in [5.41, 5.74) is -3.46. The number of hydrogen-bond donors (Lipinski definition) is 3. The average molecular weight is 378 g/mol. The standard InChI is InChI=1S/C12H14O9S.2Na/c1-4(13)8-6(11(15)16)3-7(22(19,20)21)9(5(2)14)10(8)12(17)18;;/h3-5,13-14H,1-2H3,(H,15,16)(H,17,18)(H,19,20,21);;/q;2*+1/p-2. The Morgan fingerprint density at radius 1 is 1.00 bits per heavy atom. The smallest absolute Gasteiger partial charge is 0.545 e. The van der Waals surface area contributed by atoms with Gasteiger partial charge in [-0.25, -0.2) is 0 Å². The number of benzene rings is 1. The maximum absolute atomic E-state index is 11.3. The van der Waals surface area contributed by atoms with E-state index in [2.05, 4.69) is 0 Å². The van der Waals surface area contributed by atoms with Crippen molar-refractivity contribution in [1.29, 1.82) is 0 Å². The minimum Gasteiger partial charge on any atom is -0.545 e. The van der Waals surface area contributed by atoms with E-state index in [4.69, 9.17) is 4.55 Å². The Balaban J connectivity index is 0. The Morgan fingerprint density at radius 3 is 1.67 bits per heavy atom. The van der Waals surface area contributed by atoms with Gasteiger partial charge in [0.05, 0.1) is 24.1 Å². The topological polar surface area (TPSA) is 175 Å². The molecule has 0 aliphatic rings. The summed E-state index contributed by atoms with van der Waals surface area (Å²) in [4.78, 5) is 21.2. The minimum atomic E-state index is -5.06. The number of carbonyl (C=O) groups is 2. The molecule has 0 amide bonds. The molecule has 24 heavy (non-hydrogen) atoms. The SMILES string of the molecule is CC(O)c1c(C(=O)[O-])cc(S(=O)(=O)O)c(C(C)O)c1C(=O)[O-].[Na+].[Na+]. The van der Waals surface area contributed by atoms with E-state index in [1.165, 1.54) is 0 Å². The van der Waals surface area contributed by atoms with Crippen molar-refractivity contribution in [3.05, 3.63) is 28.3 Å². The maximum Gasteiger partial charge on any atom is 1.00 e. The second-order valence-electron chi connectivity index (χ2n) is 4.53. The van der Waals surface area contributed by atoms with Crippen LogP contribution in [-0.2, 0) is 10.1 Å². The summed E-state index contributed by atoms with van der Waals surface area (Å²) < 4.78 is 31.8. The molecule has 0 radical (unpaired) electrons. The summed E-state index contributed by atoms with van der Waals surface area (Å²) in [6.45, 7) is 2.04. The molecule has 0 aliphatic heterocycles. The van der Waals surface area contributed by atoms with Gasteiger partial charge in [-0.2, -0.15) is 8.42 Å². The molecule has 3 N–H and O–H groups in total. The largest absolute Gasteiger partial charge is 1.00 e. The molecule has 9 nitrogen and oxygen atoms in total. The first-order valence-electron chi connectivity index (χ1n) is 5.86. The van der Waals surface area contributed by atoms with Crippen LogP contribution in [0.3, 0.4) is 0 Å². The molecule has 1 rings (SSSR count). The number of carbonyl (C=O) groups excluding carboxylic acids is 2. The molecule has 0 aromatic heterocycles.